The van der Waals surface area contributed by atoms with Gasteiger partial charge in [-0.2, -0.15) is 0 Å². The van der Waals surface area contributed by atoms with Gasteiger partial charge < -0.3 is 5.11 Å². The molecule has 0 heterocycles. The second-order valence-electron chi connectivity index (χ2n) is 5.75. The monoisotopic (exact) mass is 288 g/mol. The average Bonchev–Trinajstić information content (AvgIpc) is 2.58. The summed E-state index contributed by atoms with van der Waals surface area (Å²) in [5, 5.41) is 11.5. The molecule has 0 saturated carbocycles. The number of hydrogen-bond donors (Lipinski definition) is 1. The van der Waals surface area contributed by atoms with Crippen molar-refractivity contribution in [3.05, 3.63) is 107 Å². The molecule has 3 aromatic rings. The summed E-state index contributed by atoms with van der Waals surface area (Å²) in [5.41, 5.74) is 3.17. The minimum atomic E-state index is -1.02. The number of aliphatic hydroxyl groups is 1. The first-order chi connectivity index (χ1) is 10.7. The molecular weight excluding hydrogens is 268 g/mol. The van der Waals surface area contributed by atoms with Crippen LogP contribution in [0.15, 0.2) is 84.9 Å². The van der Waals surface area contributed by atoms with E-state index >= 15 is 0 Å². The van der Waals surface area contributed by atoms with Gasteiger partial charge >= 0.3 is 0 Å². The lowest BCUT2D eigenvalue weighted by molar-refractivity contribution is 0.0811. The van der Waals surface area contributed by atoms with Gasteiger partial charge in [0.1, 0.15) is 5.60 Å². The van der Waals surface area contributed by atoms with E-state index in [-0.39, 0.29) is 0 Å². The molecule has 0 saturated heterocycles. The highest BCUT2D eigenvalue weighted by Gasteiger charge is 2.31. The molecule has 0 amide bonds. The van der Waals surface area contributed by atoms with E-state index in [1.165, 1.54) is 5.56 Å². The zero-order valence-electron chi connectivity index (χ0n) is 12.7. The van der Waals surface area contributed by atoms with Crippen LogP contribution in [0.3, 0.4) is 0 Å². The Balaban J connectivity index is 2.05. The Kier molecular flexibility index (Phi) is 4.08. The predicted octanol–water partition coefficient (Wildman–Crippen LogP) is 4.47. The van der Waals surface area contributed by atoms with Crippen LogP contribution in [0.2, 0.25) is 0 Å². The third-order valence-corrected chi connectivity index (χ3v) is 4.08. The first kappa shape index (κ1) is 14.6. The van der Waals surface area contributed by atoms with Crippen LogP contribution in [0.25, 0.3) is 0 Å². The molecule has 22 heavy (non-hydrogen) atoms. The van der Waals surface area contributed by atoms with Crippen molar-refractivity contribution in [3.63, 3.8) is 0 Å². The van der Waals surface area contributed by atoms with Gasteiger partial charge in [0.2, 0.25) is 0 Å². The van der Waals surface area contributed by atoms with Crippen molar-refractivity contribution in [2.45, 2.75) is 18.9 Å². The fraction of sp³-hybridized carbons (Fsp3) is 0.143. The summed E-state index contributed by atoms with van der Waals surface area (Å²) in [7, 11) is 0. The normalized spacial score (nSPS) is 11.4. The van der Waals surface area contributed by atoms with Crippen molar-refractivity contribution in [2.75, 3.05) is 0 Å². The van der Waals surface area contributed by atoms with Gasteiger partial charge in [0.05, 0.1) is 0 Å². The molecule has 1 nitrogen and oxygen atoms in total. The van der Waals surface area contributed by atoms with Crippen molar-refractivity contribution in [1.29, 1.82) is 0 Å². The molecule has 0 bridgehead atoms. The second-order valence-corrected chi connectivity index (χ2v) is 5.75. The second kappa shape index (κ2) is 6.17. The number of hydrogen-bond acceptors (Lipinski definition) is 1. The molecule has 1 N–H and O–H groups in total. The third-order valence-electron chi connectivity index (χ3n) is 4.08. The fourth-order valence-corrected chi connectivity index (χ4v) is 2.80. The summed E-state index contributed by atoms with van der Waals surface area (Å²) in [6, 6.07) is 28.1. The summed E-state index contributed by atoms with van der Waals surface area (Å²) in [6.45, 7) is 2.07. The van der Waals surface area contributed by atoms with E-state index in [1.54, 1.807) is 0 Å². The summed E-state index contributed by atoms with van der Waals surface area (Å²) in [5.74, 6) is 0. The van der Waals surface area contributed by atoms with E-state index in [0.29, 0.717) is 6.42 Å². The van der Waals surface area contributed by atoms with Gasteiger partial charge in [-0.1, -0.05) is 90.5 Å². The van der Waals surface area contributed by atoms with Gasteiger partial charge in [0, 0.05) is 6.42 Å². The summed E-state index contributed by atoms with van der Waals surface area (Å²) in [6.07, 6.45) is 0.557. The van der Waals surface area contributed by atoms with Crippen molar-refractivity contribution in [3.8, 4) is 0 Å². The SMILES string of the molecule is Cc1ccc(CC(O)(c2ccccc2)c2ccccc2)cc1. The average molecular weight is 288 g/mol. The molecule has 0 fully saturated rings. The molecule has 1 heteroatoms. The molecule has 3 rings (SSSR count). The lowest BCUT2D eigenvalue weighted by Crippen LogP contribution is -2.30. The van der Waals surface area contributed by atoms with Crippen LogP contribution < -0.4 is 0 Å². The molecule has 110 valence electrons. The third kappa shape index (κ3) is 2.95. The highest BCUT2D eigenvalue weighted by atomic mass is 16.3. The first-order valence-electron chi connectivity index (χ1n) is 7.57. The smallest absolute Gasteiger partial charge is 0.119 e. The maximum absolute atomic E-state index is 11.5. The number of aryl methyl sites for hydroxylation is 1. The van der Waals surface area contributed by atoms with Crippen LogP contribution in [-0.2, 0) is 12.0 Å². The van der Waals surface area contributed by atoms with Crippen molar-refractivity contribution < 1.29 is 5.11 Å². The van der Waals surface area contributed by atoms with E-state index in [2.05, 4.69) is 31.2 Å². The standard InChI is InChI=1S/C21H20O/c1-17-12-14-18(15-13-17)16-21(22,19-8-4-2-5-9-19)20-10-6-3-7-11-20/h2-15,22H,16H2,1H3. The molecule has 0 atom stereocenters. The topological polar surface area (TPSA) is 20.2 Å². The summed E-state index contributed by atoms with van der Waals surface area (Å²) < 4.78 is 0. The lowest BCUT2D eigenvalue weighted by Gasteiger charge is -2.29. The van der Waals surface area contributed by atoms with Crippen LogP contribution in [0, 0.1) is 6.92 Å². The van der Waals surface area contributed by atoms with Crippen molar-refractivity contribution in [2.24, 2.45) is 0 Å². The summed E-state index contributed by atoms with van der Waals surface area (Å²) in [4.78, 5) is 0. The maximum atomic E-state index is 11.5. The largest absolute Gasteiger partial charge is 0.380 e. The zero-order valence-corrected chi connectivity index (χ0v) is 12.7. The fourth-order valence-electron chi connectivity index (χ4n) is 2.80. The number of benzene rings is 3. The van der Waals surface area contributed by atoms with Gasteiger partial charge in [-0.25, -0.2) is 0 Å². The summed E-state index contributed by atoms with van der Waals surface area (Å²) >= 11 is 0. The van der Waals surface area contributed by atoms with Gasteiger partial charge in [-0.15, -0.1) is 0 Å². The molecule has 0 unspecified atom stereocenters. The first-order valence-corrected chi connectivity index (χ1v) is 7.57. The molecule has 0 aromatic heterocycles. The quantitative estimate of drug-likeness (QED) is 0.751. The Labute approximate surface area is 131 Å². The van der Waals surface area contributed by atoms with Gasteiger partial charge in [0.25, 0.3) is 0 Å². The molecule has 0 aliphatic heterocycles. The Bertz CT molecular complexity index is 675. The maximum Gasteiger partial charge on any atom is 0.119 e. The van der Waals surface area contributed by atoms with Gasteiger partial charge in [-0.05, 0) is 23.6 Å². The Morgan fingerprint density at radius 2 is 1.14 bits per heavy atom. The minimum Gasteiger partial charge on any atom is -0.380 e. The molecule has 0 aliphatic rings. The van der Waals surface area contributed by atoms with Crippen LogP contribution in [0.4, 0.5) is 0 Å². The molecule has 0 aliphatic carbocycles. The van der Waals surface area contributed by atoms with E-state index < -0.39 is 5.60 Å². The highest BCUT2D eigenvalue weighted by Crippen LogP contribution is 2.33. The zero-order chi connectivity index (χ0) is 15.4. The van der Waals surface area contributed by atoms with Crippen LogP contribution >= 0.6 is 0 Å². The molecule has 0 spiro atoms. The highest BCUT2D eigenvalue weighted by molar-refractivity contribution is 5.38. The molecule has 0 radical (unpaired) electrons. The Hall–Kier alpha value is -2.38. The molecular formula is C21H20O. The van der Waals surface area contributed by atoms with Crippen LogP contribution in [0.1, 0.15) is 22.3 Å². The van der Waals surface area contributed by atoms with Crippen molar-refractivity contribution in [1.82, 2.24) is 0 Å². The van der Waals surface area contributed by atoms with Crippen LogP contribution in [0.5, 0.6) is 0 Å². The number of rotatable bonds is 4. The van der Waals surface area contributed by atoms with Crippen molar-refractivity contribution >= 4 is 0 Å². The van der Waals surface area contributed by atoms with E-state index in [9.17, 15) is 5.11 Å². The lowest BCUT2D eigenvalue weighted by atomic mass is 9.81. The van der Waals surface area contributed by atoms with E-state index in [1.807, 2.05) is 60.7 Å². The predicted molar refractivity (Wildman–Crippen MR) is 90.8 cm³/mol. The van der Waals surface area contributed by atoms with E-state index in [4.69, 9.17) is 0 Å². The minimum absolute atomic E-state index is 0.557. The molecule has 3 aromatic carbocycles. The van der Waals surface area contributed by atoms with Gasteiger partial charge in [-0.3, -0.25) is 0 Å². The van der Waals surface area contributed by atoms with Crippen LogP contribution in [-0.4, -0.2) is 5.11 Å². The Morgan fingerprint density at radius 3 is 1.59 bits per heavy atom. The Morgan fingerprint density at radius 1 is 0.682 bits per heavy atom. The van der Waals surface area contributed by atoms with Gasteiger partial charge in [0.15, 0.2) is 0 Å². The van der Waals surface area contributed by atoms with E-state index in [0.717, 1.165) is 16.7 Å².